The highest BCUT2D eigenvalue weighted by molar-refractivity contribution is 6.74. The minimum absolute atomic E-state index is 0.00493. The van der Waals surface area contributed by atoms with E-state index in [-0.39, 0.29) is 40.5 Å². The van der Waals surface area contributed by atoms with Gasteiger partial charge in [0.1, 0.15) is 11.7 Å². The monoisotopic (exact) mass is 354 g/mol. The number of hydrogen-bond donors (Lipinski definition) is 0. The van der Waals surface area contributed by atoms with Gasteiger partial charge in [-0.05, 0) is 37.9 Å². The van der Waals surface area contributed by atoms with E-state index in [0.29, 0.717) is 0 Å². The summed E-state index contributed by atoms with van der Waals surface area (Å²) in [5.41, 5.74) is -0.325. The van der Waals surface area contributed by atoms with Crippen LogP contribution in [0.4, 0.5) is 0 Å². The first-order valence-electron chi connectivity index (χ1n) is 9.16. The summed E-state index contributed by atoms with van der Waals surface area (Å²) < 4.78 is 24.8. The number of epoxide rings is 2. The molecule has 0 N–H and O–H groups in total. The van der Waals surface area contributed by atoms with Gasteiger partial charge in [-0.15, -0.1) is 6.58 Å². The van der Waals surface area contributed by atoms with Gasteiger partial charge in [-0.1, -0.05) is 26.8 Å². The second-order valence-corrected chi connectivity index (χ2v) is 14.2. The Morgan fingerprint density at radius 2 is 1.92 bits per heavy atom. The highest BCUT2D eigenvalue weighted by Crippen LogP contribution is 2.59. The molecule has 3 fully saturated rings. The molecule has 2 aliphatic heterocycles. The van der Waals surface area contributed by atoms with Crippen molar-refractivity contribution in [3.05, 3.63) is 12.7 Å². The van der Waals surface area contributed by atoms with Crippen molar-refractivity contribution < 1.29 is 18.6 Å². The fraction of sp³-hybridized carbons (Fsp3) is 0.895. The summed E-state index contributed by atoms with van der Waals surface area (Å²) in [6, 6.07) is 0. The van der Waals surface area contributed by atoms with Crippen molar-refractivity contribution in [1.29, 1.82) is 0 Å². The van der Waals surface area contributed by atoms with Gasteiger partial charge in [-0.2, -0.15) is 0 Å². The van der Waals surface area contributed by atoms with E-state index in [9.17, 15) is 0 Å². The van der Waals surface area contributed by atoms with Crippen molar-refractivity contribution in [2.24, 2.45) is 5.92 Å². The lowest BCUT2D eigenvalue weighted by atomic mass is 9.68. The van der Waals surface area contributed by atoms with E-state index in [1.54, 1.807) is 7.11 Å². The Morgan fingerprint density at radius 1 is 1.29 bits per heavy atom. The summed E-state index contributed by atoms with van der Waals surface area (Å²) >= 11 is 0. The van der Waals surface area contributed by atoms with Crippen LogP contribution in [0, 0.1) is 5.92 Å². The van der Waals surface area contributed by atoms with Gasteiger partial charge in [0, 0.05) is 7.11 Å². The second-order valence-electron chi connectivity index (χ2n) is 9.44. The molecule has 5 heteroatoms. The maximum absolute atomic E-state index is 6.77. The number of methoxy groups -OCH3 is 1. The molecule has 1 spiro atoms. The Morgan fingerprint density at radius 3 is 2.33 bits per heavy atom. The molecule has 3 aliphatic rings. The van der Waals surface area contributed by atoms with Gasteiger partial charge in [0.25, 0.3) is 0 Å². The molecule has 0 aromatic rings. The molecule has 2 saturated heterocycles. The van der Waals surface area contributed by atoms with Crippen LogP contribution >= 0.6 is 0 Å². The fourth-order valence-electron chi connectivity index (χ4n) is 4.23. The van der Waals surface area contributed by atoms with Crippen LogP contribution in [0.3, 0.4) is 0 Å². The van der Waals surface area contributed by atoms with Crippen LogP contribution in [0.15, 0.2) is 12.7 Å². The normalized spacial score (nSPS) is 45.3. The highest BCUT2D eigenvalue weighted by Gasteiger charge is 2.71. The quantitative estimate of drug-likeness (QED) is 0.426. The Bertz CT molecular complexity index is 508. The van der Waals surface area contributed by atoms with Crippen LogP contribution in [0.2, 0.25) is 18.1 Å². The molecular weight excluding hydrogens is 320 g/mol. The Labute approximate surface area is 148 Å². The van der Waals surface area contributed by atoms with E-state index in [4.69, 9.17) is 18.6 Å². The third-order valence-electron chi connectivity index (χ3n) is 6.87. The molecule has 138 valence electrons. The van der Waals surface area contributed by atoms with Gasteiger partial charge < -0.3 is 18.6 Å². The lowest BCUT2D eigenvalue weighted by Crippen LogP contribution is -2.58. The Balaban J connectivity index is 1.84. The van der Waals surface area contributed by atoms with Gasteiger partial charge in [-0.3, -0.25) is 0 Å². The van der Waals surface area contributed by atoms with E-state index >= 15 is 0 Å². The summed E-state index contributed by atoms with van der Waals surface area (Å²) in [5.74, 6) is 0.196. The minimum Gasteiger partial charge on any atom is -0.411 e. The maximum atomic E-state index is 6.77. The summed E-state index contributed by atoms with van der Waals surface area (Å²) in [6.45, 7) is 18.4. The highest BCUT2D eigenvalue weighted by atomic mass is 28.4. The molecule has 1 unspecified atom stereocenters. The summed E-state index contributed by atoms with van der Waals surface area (Å²) in [4.78, 5) is 0. The van der Waals surface area contributed by atoms with Crippen LogP contribution in [0.1, 0.15) is 40.5 Å². The van der Waals surface area contributed by atoms with Crippen molar-refractivity contribution in [3.63, 3.8) is 0 Å². The van der Waals surface area contributed by atoms with E-state index < -0.39 is 8.32 Å². The van der Waals surface area contributed by atoms with E-state index in [0.717, 1.165) is 19.4 Å². The summed E-state index contributed by atoms with van der Waals surface area (Å²) in [6.07, 6.45) is 4.14. The standard InChI is InChI=1S/C19H34O4Si/c1-9-14-18(5,22-14)16-15(20-6)13(10-11-19(16)12-21-19)23-24(7,8)17(2,3)4/h9,13-16H,1,10-12H2,2-8H3/t13-,14-,15-,16-,18?,19+/m1/s1. The Hall–Kier alpha value is -0.203. The Kier molecular flexibility index (Phi) is 4.37. The largest absolute Gasteiger partial charge is 0.411 e. The molecule has 0 amide bonds. The predicted octanol–water partition coefficient (Wildman–Crippen LogP) is 3.91. The molecule has 0 bridgehead atoms. The van der Waals surface area contributed by atoms with Gasteiger partial charge in [0.2, 0.25) is 0 Å². The third kappa shape index (κ3) is 2.82. The minimum atomic E-state index is -1.85. The topological polar surface area (TPSA) is 43.5 Å². The molecule has 3 rings (SSSR count). The first-order chi connectivity index (χ1) is 11.0. The zero-order valence-electron chi connectivity index (χ0n) is 16.3. The number of rotatable bonds is 5. The summed E-state index contributed by atoms with van der Waals surface area (Å²) in [7, 11) is -0.0504. The molecule has 1 aliphatic carbocycles. The van der Waals surface area contributed by atoms with Crippen LogP contribution in [-0.4, -0.2) is 51.5 Å². The second kappa shape index (κ2) is 5.65. The van der Waals surface area contributed by atoms with Gasteiger partial charge in [-0.25, -0.2) is 0 Å². The first kappa shape index (κ1) is 18.6. The molecule has 0 aromatic heterocycles. The molecule has 0 radical (unpaired) electrons. The average Bonchev–Trinajstić information content (AvgIpc) is 3.37. The van der Waals surface area contributed by atoms with Crippen molar-refractivity contribution >= 4 is 8.32 Å². The van der Waals surface area contributed by atoms with Crippen LogP contribution in [-0.2, 0) is 18.6 Å². The van der Waals surface area contributed by atoms with Gasteiger partial charge in [0.15, 0.2) is 8.32 Å². The average molecular weight is 355 g/mol. The van der Waals surface area contributed by atoms with Crippen molar-refractivity contribution in [2.75, 3.05) is 13.7 Å². The molecule has 4 nitrogen and oxygen atoms in total. The first-order valence-corrected chi connectivity index (χ1v) is 12.1. The zero-order chi connectivity index (χ0) is 18.0. The van der Waals surface area contributed by atoms with Gasteiger partial charge >= 0.3 is 0 Å². The maximum Gasteiger partial charge on any atom is 0.192 e. The zero-order valence-corrected chi connectivity index (χ0v) is 17.3. The molecule has 6 atom stereocenters. The predicted molar refractivity (Wildman–Crippen MR) is 97.7 cm³/mol. The van der Waals surface area contributed by atoms with Gasteiger partial charge in [0.05, 0.1) is 30.3 Å². The van der Waals surface area contributed by atoms with Crippen LogP contribution < -0.4 is 0 Å². The molecule has 0 aromatic carbocycles. The fourth-order valence-corrected chi connectivity index (χ4v) is 5.59. The number of hydrogen-bond acceptors (Lipinski definition) is 4. The smallest absolute Gasteiger partial charge is 0.192 e. The van der Waals surface area contributed by atoms with Crippen LogP contribution in [0.25, 0.3) is 0 Å². The SMILES string of the molecule is C=C[C@H]1OC1(C)[C@H]1[C@H](OC)[C@H](O[Si](C)(C)C(C)(C)C)CC[C@]12CO2. The third-order valence-corrected chi connectivity index (χ3v) is 11.4. The lowest BCUT2D eigenvalue weighted by Gasteiger charge is -2.47. The van der Waals surface area contributed by atoms with Crippen molar-refractivity contribution in [3.8, 4) is 0 Å². The van der Waals surface area contributed by atoms with Crippen molar-refractivity contribution in [2.45, 2.75) is 88.2 Å². The van der Waals surface area contributed by atoms with Crippen LogP contribution in [0.5, 0.6) is 0 Å². The molecule has 1 saturated carbocycles. The van der Waals surface area contributed by atoms with E-state index in [1.807, 2.05) is 6.08 Å². The van der Waals surface area contributed by atoms with E-state index in [1.165, 1.54) is 0 Å². The van der Waals surface area contributed by atoms with Crippen molar-refractivity contribution in [1.82, 2.24) is 0 Å². The number of ether oxygens (including phenoxy) is 3. The summed E-state index contributed by atoms with van der Waals surface area (Å²) in [5, 5.41) is 0.190. The lowest BCUT2D eigenvalue weighted by molar-refractivity contribution is -0.111. The molecule has 24 heavy (non-hydrogen) atoms. The molecular formula is C19H34O4Si. The van der Waals surface area contributed by atoms with E-state index in [2.05, 4.69) is 47.4 Å². The molecule has 2 heterocycles.